The van der Waals surface area contributed by atoms with Crippen molar-refractivity contribution >= 4 is 6.01 Å². The van der Waals surface area contributed by atoms with Crippen molar-refractivity contribution in [2.24, 2.45) is 0 Å². The highest BCUT2D eigenvalue weighted by Gasteiger charge is 2.30. The molecule has 0 unspecified atom stereocenters. The molecule has 3 nitrogen and oxygen atoms in total. The van der Waals surface area contributed by atoms with E-state index < -0.39 is 11.7 Å². The lowest BCUT2D eigenvalue weighted by Crippen LogP contribution is -2.04. The summed E-state index contributed by atoms with van der Waals surface area (Å²) < 4.78 is 42.5. The van der Waals surface area contributed by atoms with Crippen LogP contribution in [0.25, 0.3) is 11.3 Å². The second kappa shape index (κ2) is 3.80. The van der Waals surface area contributed by atoms with Gasteiger partial charge in [-0.05, 0) is 19.1 Å². The Bertz CT molecular complexity index is 546. The Balaban J connectivity index is 2.50. The Morgan fingerprint density at radius 2 is 2.00 bits per heavy atom. The number of nitrogen functional groups attached to an aromatic ring is 1. The standard InChI is InChI=1S/C11H9F3N2O/c1-6-9(16-10(15)17-6)7-3-2-4-8(5-7)11(12,13)14/h2-5H,1H3,(H2,15,16). The Morgan fingerprint density at radius 3 is 2.53 bits per heavy atom. The SMILES string of the molecule is Cc1oc(N)nc1-c1cccc(C(F)(F)F)c1. The van der Waals surface area contributed by atoms with Gasteiger partial charge in [0.2, 0.25) is 0 Å². The van der Waals surface area contributed by atoms with Crippen molar-refractivity contribution < 1.29 is 17.6 Å². The molecule has 0 radical (unpaired) electrons. The number of nitrogens with zero attached hydrogens (tertiary/aromatic N) is 1. The molecule has 0 saturated carbocycles. The topological polar surface area (TPSA) is 52.0 Å². The summed E-state index contributed by atoms with van der Waals surface area (Å²) in [6.07, 6.45) is -4.38. The Labute approximate surface area is 95.1 Å². The number of halogens is 3. The lowest BCUT2D eigenvalue weighted by molar-refractivity contribution is -0.137. The maximum atomic E-state index is 12.5. The molecule has 0 fully saturated rings. The maximum Gasteiger partial charge on any atom is 0.416 e. The van der Waals surface area contributed by atoms with E-state index in [1.54, 1.807) is 6.92 Å². The molecule has 17 heavy (non-hydrogen) atoms. The van der Waals surface area contributed by atoms with Crippen LogP contribution >= 0.6 is 0 Å². The molecule has 90 valence electrons. The van der Waals surface area contributed by atoms with Gasteiger partial charge in [0.05, 0.1) is 5.56 Å². The van der Waals surface area contributed by atoms with Gasteiger partial charge in [0.1, 0.15) is 11.5 Å². The number of oxazole rings is 1. The minimum Gasteiger partial charge on any atom is -0.429 e. The van der Waals surface area contributed by atoms with Crippen LogP contribution < -0.4 is 5.73 Å². The number of alkyl halides is 3. The highest BCUT2D eigenvalue weighted by atomic mass is 19.4. The number of aromatic nitrogens is 1. The monoisotopic (exact) mass is 242 g/mol. The minimum absolute atomic E-state index is 0.0603. The van der Waals surface area contributed by atoms with Crippen LogP contribution in [0.15, 0.2) is 28.7 Å². The van der Waals surface area contributed by atoms with Crippen LogP contribution in [-0.2, 0) is 6.18 Å². The Hall–Kier alpha value is -1.98. The third-order valence-corrected chi connectivity index (χ3v) is 2.28. The van der Waals surface area contributed by atoms with Crippen molar-refractivity contribution in [1.82, 2.24) is 4.98 Å². The van der Waals surface area contributed by atoms with Crippen molar-refractivity contribution in [1.29, 1.82) is 0 Å². The van der Waals surface area contributed by atoms with Gasteiger partial charge in [-0.3, -0.25) is 0 Å². The molecule has 0 amide bonds. The fraction of sp³-hybridized carbons (Fsp3) is 0.182. The summed E-state index contributed by atoms with van der Waals surface area (Å²) in [5.74, 6) is 0.391. The molecule has 6 heteroatoms. The predicted octanol–water partition coefficient (Wildman–Crippen LogP) is 3.25. The first-order chi connectivity index (χ1) is 7.88. The molecule has 0 atom stereocenters. The first kappa shape index (κ1) is 11.5. The molecule has 0 bridgehead atoms. The second-order valence-corrected chi connectivity index (χ2v) is 3.54. The molecule has 1 aromatic carbocycles. The minimum atomic E-state index is -4.38. The van der Waals surface area contributed by atoms with Gasteiger partial charge < -0.3 is 10.2 Å². The molecule has 0 spiro atoms. The summed E-state index contributed by atoms with van der Waals surface area (Å²) in [7, 11) is 0. The van der Waals surface area contributed by atoms with Gasteiger partial charge in [-0.15, -0.1) is 0 Å². The molecule has 0 aliphatic carbocycles. The number of aryl methyl sites for hydroxylation is 1. The molecule has 2 aromatic rings. The molecule has 1 aromatic heterocycles. The highest BCUT2D eigenvalue weighted by molar-refractivity contribution is 5.63. The molecule has 0 saturated heterocycles. The average Bonchev–Trinajstić information content (AvgIpc) is 2.57. The lowest BCUT2D eigenvalue weighted by atomic mass is 10.1. The summed E-state index contributed by atoms with van der Waals surface area (Å²) >= 11 is 0. The molecule has 1 heterocycles. The molecule has 2 rings (SSSR count). The molecule has 2 N–H and O–H groups in total. The van der Waals surface area contributed by atoms with Gasteiger partial charge in [-0.25, -0.2) is 0 Å². The van der Waals surface area contributed by atoms with E-state index in [-0.39, 0.29) is 6.01 Å². The van der Waals surface area contributed by atoms with Gasteiger partial charge >= 0.3 is 6.18 Å². The van der Waals surface area contributed by atoms with Crippen LogP contribution in [0.2, 0.25) is 0 Å². The largest absolute Gasteiger partial charge is 0.429 e. The van der Waals surface area contributed by atoms with E-state index in [0.29, 0.717) is 17.0 Å². The van der Waals surface area contributed by atoms with Gasteiger partial charge in [-0.1, -0.05) is 12.1 Å². The zero-order valence-corrected chi connectivity index (χ0v) is 8.88. The fourth-order valence-electron chi connectivity index (χ4n) is 1.53. The summed E-state index contributed by atoms with van der Waals surface area (Å²) in [5, 5.41) is 0. The third-order valence-electron chi connectivity index (χ3n) is 2.28. The van der Waals surface area contributed by atoms with Crippen LogP contribution in [0.3, 0.4) is 0 Å². The van der Waals surface area contributed by atoms with E-state index >= 15 is 0 Å². The van der Waals surface area contributed by atoms with Gasteiger partial charge in [0.15, 0.2) is 0 Å². The Morgan fingerprint density at radius 1 is 1.29 bits per heavy atom. The average molecular weight is 242 g/mol. The molecular weight excluding hydrogens is 233 g/mol. The molecule has 0 aliphatic rings. The number of benzene rings is 1. The zero-order valence-electron chi connectivity index (χ0n) is 8.88. The number of hydrogen-bond donors (Lipinski definition) is 1. The van der Waals surface area contributed by atoms with Crippen molar-refractivity contribution in [2.45, 2.75) is 13.1 Å². The second-order valence-electron chi connectivity index (χ2n) is 3.54. The smallest absolute Gasteiger partial charge is 0.416 e. The van der Waals surface area contributed by atoms with Crippen LogP contribution in [-0.4, -0.2) is 4.98 Å². The third kappa shape index (κ3) is 2.25. The number of hydrogen-bond acceptors (Lipinski definition) is 3. The number of nitrogens with two attached hydrogens (primary N) is 1. The summed E-state index contributed by atoms with van der Waals surface area (Å²) in [6, 6.07) is 4.81. The zero-order chi connectivity index (χ0) is 12.6. The van der Waals surface area contributed by atoms with Crippen molar-refractivity contribution in [3.8, 4) is 11.3 Å². The molecular formula is C11H9F3N2O. The van der Waals surface area contributed by atoms with Gasteiger partial charge in [0, 0.05) is 5.56 Å². The summed E-state index contributed by atoms with van der Waals surface area (Å²) in [6.45, 7) is 1.60. The number of anilines is 1. The lowest BCUT2D eigenvalue weighted by Gasteiger charge is -2.07. The quantitative estimate of drug-likeness (QED) is 0.835. The highest BCUT2D eigenvalue weighted by Crippen LogP contribution is 2.33. The fourth-order valence-corrected chi connectivity index (χ4v) is 1.53. The van der Waals surface area contributed by atoms with Crippen LogP contribution in [0.4, 0.5) is 19.2 Å². The van der Waals surface area contributed by atoms with E-state index in [4.69, 9.17) is 10.2 Å². The summed E-state index contributed by atoms with van der Waals surface area (Å²) in [4.78, 5) is 3.85. The Kier molecular flexibility index (Phi) is 2.57. The van der Waals surface area contributed by atoms with Crippen LogP contribution in [0.1, 0.15) is 11.3 Å². The van der Waals surface area contributed by atoms with Crippen molar-refractivity contribution in [2.75, 3.05) is 5.73 Å². The van der Waals surface area contributed by atoms with Crippen molar-refractivity contribution in [3.05, 3.63) is 35.6 Å². The van der Waals surface area contributed by atoms with Crippen LogP contribution in [0, 0.1) is 6.92 Å². The maximum absolute atomic E-state index is 12.5. The van der Waals surface area contributed by atoms with Gasteiger partial charge in [-0.2, -0.15) is 18.2 Å². The van der Waals surface area contributed by atoms with Crippen LogP contribution in [0.5, 0.6) is 0 Å². The normalized spacial score (nSPS) is 11.8. The van der Waals surface area contributed by atoms with E-state index in [0.717, 1.165) is 12.1 Å². The van der Waals surface area contributed by atoms with E-state index in [1.165, 1.54) is 12.1 Å². The van der Waals surface area contributed by atoms with Gasteiger partial charge in [0.25, 0.3) is 6.01 Å². The predicted molar refractivity (Wildman–Crippen MR) is 56.1 cm³/mol. The number of rotatable bonds is 1. The summed E-state index contributed by atoms with van der Waals surface area (Å²) in [5.41, 5.74) is 5.27. The van der Waals surface area contributed by atoms with E-state index in [1.807, 2.05) is 0 Å². The van der Waals surface area contributed by atoms with E-state index in [2.05, 4.69) is 4.98 Å². The van der Waals surface area contributed by atoms with E-state index in [9.17, 15) is 13.2 Å². The molecule has 0 aliphatic heterocycles. The first-order valence-corrected chi connectivity index (χ1v) is 4.78. The van der Waals surface area contributed by atoms with Crippen molar-refractivity contribution in [3.63, 3.8) is 0 Å². The first-order valence-electron chi connectivity index (χ1n) is 4.78.